The van der Waals surface area contributed by atoms with Gasteiger partial charge in [0.1, 0.15) is 0 Å². The molecular formula is C8H15N3O. The fourth-order valence-electron chi connectivity index (χ4n) is 1.68. The van der Waals surface area contributed by atoms with E-state index in [-0.39, 0.29) is 23.7 Å². The van der Waals surface area contributed by atoms with Crippen LogP contribution in [0.3, 0.4) is 0 Å². The van der Waals surface area contributed by atoms with Gasteiger partial charge in [-0.1, -0.05) is 0 Å². The van der Waals surface area contributed by atoms with Gasteiger partial charge in [-0.2, -0.15) is 0 Å². The Hall–Kier alpha value is -1.06. The van der Waals surface area contributed by atoms with E-state index < -0.39 is 0 Å². The highest BCUT2D eigenvalue weighted by molar-refractivity contribution is 5.80. The minimum Gasteiger partial charge on any atom is -0.387 e. The van der Waals surface area contributed by atoms with Gasteiger partial charge in [-0.25, -0.2) is 0 Å². The summed E-state index contributed by atoms with van der Waals surface area (Å²) >= 11 is 0. The molecule has 1 aliphatic carbocycles. The lowest BCUT2D eigenvalue weighted by Crippen LogP contribution is -2.31. The molecule has 68 valence electrons. The van der Waals surface area contributed by atoms with Crippen LogP contribution >= 0.6 is 0 Å². The van der Waals surface area contributed by atoms with Gasteiger partial charge in [0.25, 0.3) is 0 Å². The van der Waals surface area contributed by atoms with Crippen molar-refractivity contribution in [1.82, 2.24) is 5.32 Å². The molecule has 0 heterocycles. The van der Waals surface area contributed by atoms with Crippen molar-refractivity contribution in [3.63, 3.8) is 0 Å². The summed E-state index contributed by atoms with van der Waals surface area (Å²) in [5, 5.41) is 10.1. The molecule has 0 aromatic heterocycles. The highest BCUT2D eigenvalue weighted by Gasteiger charge is 2.26. The minimum atomic E-state index is 0.00389. The number of nitrogens with two attached hydrogens (primary N) is 1. The van der Waals surface area contributed by atoms with Crippen LogP contribution in [0, 0.1) is 11.3 Å². The molecule has 0 saturated heterocycles. The second-order valence-electron chi connectivity index (χ2n) is 3.36. The molecule has 1 fully saturated rings. The molecule has 4 N–H and O–H groups in total. The van der Waals surface area contributed by atoms with E-state index in [0.29, 0.717) is 0 Å². The van der Waals surface area contributed by atoms with E-state index in [1.165, 1.54) is 6.92 Å². The van der Waals surface area contributed by atoms with Gasteiger partial charge in [0.15, 0.2) is 0 Å². The Balaban J connectivity index is 2.35. The summed E-state index contributed by atoms with van der Waals surface area (Å²) in [7, 11) is 0. The van der Waals surface area contributed by atoms with Crippen LogP contribution in [0.15, 0.2) is 0 Å². The van der Waals surface area contributed by atoms with Gasteiger partial charge in [-0.15, -0.1) is 0 Å². The molecule has 1 amide bonds. The van der Waals surface area contributed by atoms with Crippen molar-refractivity contribution in [2.45, 2.75) is 32.2 Å². The summed E-state index contributed by atoms with van der Waals surface area (Å²) in [5.74, 6) is 0.439. The van der Waals surface area contributed by atoms with E-state index in [9.17, 15) is 4.79 Å². The Bertz CT molecular complexity index is 202. The van der Waals surface area contributed by atoms with Crippen molar-refractivity contribution in [1.29, 1.82) is 5.41 Å². The third-order valence-corrected chi connectivity index (χ3v) is 2.28. The average molecular weight is 169 g/mol. The Morgan fingerprint density at radius 1 is 1.58 bits per heavy atom. The molecule has 0 spiro atoms. The Morgan fingerprint density at radius 2 is 2.25 bits per heavy atom. The molecule has 1 saturated carbocycles. The summed E-state index contributed by atoms with van der Waals surface area (Å²) in [4.78, 5) is 10.7. The molecule has 0 aliphatic heterocycles. The Kier molecular flexibility index (Phi) is 2.68. The maximum Gasteiger partial charge on any atom is 0.217 e. The molecule has 0 aromatic rings. The molecule has 0 aromatic carbocycles. The first-order valence-electron chi connectivity index (χ1n) is 4.20. The standard InChI is InChI=1S/C8H15N3O/c1-5(12)11-7-3-2-6(4-7)8(9)10/h6-7H,2-4H2,1H3,(H3,9,10)(H,11,12). The molecule has 4 nitrogen and oxygen atoms in total. The van der Waals surface area contributed by atoms with Crippen molar-refractivity contribution in [2.75, 3.05) is 0 Å². The lowest BCUT2D eigenvalue weighted by Gasteiger charge is -2.10. The van der Waals surface area contributed by atoms with Gasteiger partial charge < -0.3 is 11.1 Å². The van der Waals surface area contributed by atoms with Gasteiger partial charge in [-0.05, 0) is 19.3 Å². The highest BCUT2D eigenvalue weighted by Crippen LogP contribution is 2.24. The monoisotopic (exact) mass is 169 g/mol. The van der Waals surface area contributed by atoms with Crippen LogP contribution < -0.4 is 11.1 Å². The molecule has 2 unspecified atom stereocenters. The Morgan fingerprint density at radius 3 is 2.67 bits per heavy atom. The maximum atomic E-state index is 10.7. The largest absolute Gasteiger partial charge is 0.387 e. The maximum absolute atomic E-state index is 10.7. The van der Waals surface area contributed by atoms with Crippen LogP contribution in [0.25, 0.3) is 0 Å². The number of amides is 1. The molecule has 1 rings (SSSR count). The van der Waals surface area contributed by atoms with Crippen LogP contribution in [-0.4, -0.2) is 17.8 Å². The first kappa shape index (κ1) is 9.03. The third kappa shape index (κ3) is 2.22. The van der Waals surface area contributed by atoms with Crippen molar-refractivity contribution in [3.05, 3.63) is 0 Å². The van der Waals surface area contributed by atoms with E-state index in [2.05, 4.69) is 5.32 Å². The molecule has 0 bridgehead atoms. The highest BCUT2D eigenvalue weighted by atomic mass is 16.1. The summed E-state index contributed by atoms with van der Waals surface area (Å²) < 4.78 is 0. The average Bonchev–Trinajstić information content (AvgIpc) is 2.34. The van der Waals surface area contributed by atoms with Crippen LogP contribution in [0.2, 0.25) is 0 Å². The van der Waals surface area contributed by atoms with Crippen molar-refractivity contribution >= 4 is 11.7 Å². The van der Waals surface area contributed by atoms with E-state index in [4.69, 9.17) is 11.1 Å². The fraction of sp³-hybridized carbons (Fsp3) is 0.750. The predicted molar refractivity (Wildman–Crippen MR) is 46.9 cm³/mol. The number of hydrogen-bond donors (Lipinski definition) is 3. The van der Waals surface area contributed by atoms with Crippen LogP contribution in [0.5, 0.6) is 0 Å². The van der Waals surface area contributed by atoms with Gasteiger partial charge in [0.2, 0.25) is 5.91 Å². The zero-order chi connectivity index (χ0) is 9.14. The van der Waals surface area contributed by atoms with Crippen LogP contribution in [-0.2, 0) is 4.79 Å². The smallest absolute Gasteiger partial charge is 0.217 e. The lowest BCUT2D eigenvalue weighted by atomic mass is 10.1. The first-order valence-corrected chi connectivity index (χ1v) is 4.20. The normalized spacial score (nSPS) is 28.4. The number of carbonyl (C=O) groups excluding carboxylic acids is 1. The summed E-state index contributed by atoms with van der Waals surface area (Å²) in [6.45, 7) is 1.51. The van der Waals surface area contributed by atoms with E-state index >= 15 is 0 Å². The Labute approximate surface area is 72.0 Å². The molecule has 1 aliphatic rings. The van der Waals surface area contributed by atoms with Crippen LogP contribution in [0.4, 0.5) is 0 Å². The van der Waals surface area contributed by atoms with Crippen molar-refractivity contribution in [2.24, 2.45) is 11.7 Å². The molecule has 12 heavy (non-hydrogen) atoms. The number of hydrogen-bond acceptors (Lipinski definition) is 2. The second kappa shape index (κ2) is 3.56. The third-order valence-electron chi connectivity index (χ3n) is 2.28. The fourth-order valence-corrected chi connectivity index (χ4v) is 1.68. The topological polar surface area (TPSA) is 79.0 Å². The van der Waals surface area contributed by atoms with E-state index in [1.54, 1.807) is 0 Å². The lowest BCUT2D eigenvalue weighted by molar-refractivity contribution is -0.119. The van der Waals surface area contributed by atoms with Gasteiger partial charge in [0, 0.05) is 18.9 Å². The summed E-state index contributed by atoms with van der Waals surface area (Å²) in [6, 6.07) is 0.233. The molecule has 2 atom stereocenters. The van der Waals surface area contributed by atoms with E-state index in [0.717, 1.165) is 19.3 Å². The number of nitrogens with one attached hydrogen (secondary N) is 2. The number of amidine groups is 1. The summed E-state index contributed by atoms with van der Waals surface area (Å²) in [5.41, 5.74) is 5.36. The predicted octanol–water partition coefficient (Wildman–Crippen LogP) is 0.227. The zero-order valence-electron chi connectivity index (χ0n) is 7.26. The van der Waals surface area contributed by atoms with Gasteiger partial charge in [-0.3, -0.25) is 10.2 Å². The van der Waals surface area contributed by atoms with Gasteiger partial charge >= 0.3 is 0 Å². The minimum absolute atomic E-state index is 0.00389. The summed E-state index contributed by atoms with van der Waals surface area (Å²) in [6.07, 6.45) is 2.71. The zero-order valence-corrected chi connectivity index (χ0v) is 7.26. The number of carbonyl (C=O) groups is 1. The SMILES string of the molecule is CC(=O)NC1CCC(C(=N)N)C1. The quantitative estimate of drug-likeness (QED) is 0.408. The second-order valence-corrected chi connectivity index (χ2v) is 3.36. The van der Waals surface area contributed by atoms with Crippen molar-refractivity contribution in [3.8, 4) is 0 Å². The van der Waals surface area contributed by atoms with Crippen molar-refractivity contribution < 1.29 is 4.79 Å². The van der Waals surface area contributed by atoms with Gasteiger partial charge in [0.05, 0.1) is 5.84 Å². The van der Waals surface area contributed by atoms with Crippen LogP contribution in [0.1, 0.15) is 26.2 Å². The molecule has 0 radical (unpaired) electrons. The molecular weight excluding hydrogens is 154 g/mol. The molecule has 4 heteroatoms. The number of rotatable bonds is 2. The first-order chi connectivity index (χ1) is 5.59. The van der Waals surface area contributed by atoms with E-state index in [1.807, 2.05) is 0 Å².